The Hall–Kier alpha value is -4.09. The molecule has 3 aliphatic heterocycles. The van der Waals surface area contributed by atoms with E-state index in [1.165, 1.54) is 0 Å². The second-order valence-corrected chi connectivity index (χ2v) is 14.8. The molecule has 254 valence electrons. The van der Waals surface area contributed by atoms with Gasteiger partial charge in [0.1, 0.15) is 11.8 Å². The van der Waals surface area contributed by atoms with Gasteiger partial charge in [0, 0.05) is 60.7 Å². The summed E-state index contributed by atoms with van der Waals surface area (Å²) in [4.78, 5) is 50.4. The molecule has 11 nitrogen and oxygen atoms in total. The first-order valence-corrected chi connectivity index (χ1v) is 17.2. The third kappa shape index (κ3) is 6.25. The minimum Gasteiger partial charge on any atom is -0.361 e. The highest BCUT2D eigenvalue weighted by Crippen LogP contribution is 2.53. The van der Waals surface area contributed by atoms with Crippen molar-refractivity contribution in [2.24, 2.45) is 23.7 Å². The summed E-state index contributed by atoms with van der Waals surface area (Å²) in [5.41, 5.74) is 2.68. The first-order valence-electron chi connectivity index (χ1n) is 17.2. The van der Waals surface area contributed by atoms with Gasteiger partial charge in [0.15, 0.2) is 12.0 Å². The predicted octanol–water partition coefficient (Wildman–Crippen LogP) is 4.82. The van der Waals surface area contributed by atoms with Crippen molar-refractivity contribution in [1.29, 1.82) is 0 Å². The van der Waals surface area contributed by atoms with Gasteiger partial charge in [0.25, 0.3) is 5.91 Å². The average molecular weight is 656 g/mol. The molecule has 3 amide bonds. The van der Waals surface area contributed by atoms with Crippen molar-refractivity contribution in [2.45, 2.75) is 77.2 Å². The van der Waals surface area contributed by atoms with Crippen molar-refractivity contribution in [3.63, 3.8) is 0 Å². The van der Waals surface area contributed by atoms with Gasteiger partial charge in [0.05, 0.1) is 13.2 Å². The number of rotatable bonds is 7. The van der Waals surface area contributed by atoms with Crippen LogP contribution in [0, 0.1) is 30.6 Å². The molecule has 1 aromatic carbocycles. The number of hydrogen-bond acceptors (Lipinski definition) is 8. The fourth-order valence-electron chi connectivity index (χ4n) is 8.16. The first kappa shape index (κ1) is 32.5. The third-order valence-corrected chi connectivity index (χ3v) is 10.7. The van der Waals surface area contributed by atoms with E-state index in [0.29, 0.717) is 62.6 Å². The second-order valence-electron chi connectivity index (χ2n) is 14.8. The van der Waals surface area contributed by atoms with Crippen LogP contribution in [0.1, 0.15) is 79.9 Å². The van der Waals surface area contributed by atoms with Gasteiger partial charge in [-0.2, -0.15) is 0 Å². The Kier molecular flexibility index (Phi) is 8.84. The van der Waals surface area contributed by atoms with Crippen molar-refractivity contribution in [3.8, 4) is 0 Å². The molecule has 1 aliphatic carbocycles. The second kappa shape index (κ2) is 13.1. The summed E-state index contributed by atoms with van der Waals surface area (Å²) in [6.07, 6.45) is 5.76. The number of aryl methyl sites for hydroxylation is 1. The molecule has 3 aromatic rings. The van der Waals surface area contributed by atoms with Crippen LogP contribution in [0.25, 0.3) is 0 Å². The molecular formula is C37H45N5O6. The lowest BCUT2D eigenvalue weighted by Gasteiger charge is -2.38. The predicted molar refractivity (Wildman–Crippen MR) is 177 cm³/mol. The zero-order chi connectivity index (χ0) is 33.6. The normalized spacial score (nSPS) is 26.2. The number of nitrogens with zero attached hydrogens (tertiary/aromatic N) is 4. The summed E-state index contributed by atoms with van der Waals surface area (Å²) in [5, 5.41) is 7.14. The van der Waals surface area contributed by atoms with Crippen LogP contribution in [-0.4, -0.2) is 71.4 Å². The number of carbonyl (C=O) groups is 3. The number of pyridine rings is 1. The highest BCUT2D eigenvalue weighted by atomic mass is 16.7. The largest absolute Gasteiger partial charge is 0.361 e. The number of anilines is 1. The lowest BCUT2D eigenvalue weighted by molar-refractivity contribution is -0.170. The number of amides is 3. The van der Waals surface area contributed by atoms with E-state index in [4.69, 9.17) is 14.0 Å². The molecule has 6 atom stereocenters. The van der Waals surface area contributed by atoms with Gasteiger partial charge >= 0.3 is 0 Å². The number of benzene rings is 1. The van der Waals surface area contributed by atoms with Gasteiger partial charge < -0.3 is 24.2 Å². The highest BCUT2D eigenvalue weighted by Gasteiger charge is 2.56. The molecule has 3 saturated heterocycles. The van der Waals surface area contributed by atoms with Crippen LogP contribution in [0.5, 0.6) is 0 Å². The van der Waals surface area contributed by atoms with E-state index in [0.717, 1.165) is 12.0 Å². The number of piperidine rings is 1. The number of hydrogen-bond donors (Lipinski definition) is 1. The van der Waals surface area contributed by atoms with Gasteiger partial charge in [-0.15, -0.1) is 0 Å². The molecule has 5 heterocycles. The molecule has 2 unspecified atom stereocenters. The maximum Gasteiger partial charge on any atom is 0.276 e. The molecule has 7 rings (SSSR count). The van der Waals surface area contributed by atoms with Gasteiger partial charge in [0.2, 0.25) is 11.8 Å². The van der Waals surface area contributed by atoms with Gasteiger partial charge in [-0.25, -0.2) is 0 Å². The van der Waals surface area contributed by atoms with Gasteiger partial charge in [-0.3, -0.25) is 24.3 Å². The first-order chi connectivity index (χ1) is 23.1. The topological polar surface area (TPSA) is 127 Å². The van der Waals surface area contributed by atoms with Crippen molar-refractivity contribution < 1.29 is 28.4 Å². The Labute approximate surface area is 281 Å². The summed E-state index contributed by atoms with van der Waals surface area (Å²) >= 11 is 0. The number of carbonyl (C=O) groups excluding carboxylic acids is 3. The quantitative estimate of drug-likeness (QED) is 0.384. The van der Waals surface area contributed by atoms with Crippen LogP contribution >= 0.6 is 0 Å². The number of likely N-dealkylation sites (tertiary alicyclic amines) is 1. The molecule has 4 fully saturated rings. The fourth-order valence-corrected chi connectivity index (χ4v) is 8.16. The molecule has 0 radical (unpaired) electrons. The van der Waals surface area contributed by atoms with Crippen LogP contribution in [0.3, 0.4) is 0 Å². The summed E-state index contributed by atoms with van der Waals surface area (Å²) in [6, 6.07) is 12.3. The number of ether oxygens (including phenoxy) is 2. The maximum absolute atomic E-state index is 15.0. The fraction of sp³-hybridized carbons (Fsp3) is 0.541. The van der Waals surface area contributed by atoms with E-state index in [9.17, 15) is 9.59 Å². The number of nitrogens with one attached hydrogen (secondary N) is 1. The van der Waals surface area contributed by atoms with Crippen LogP contribution in [0.15, 0.2) is 59.4 Å². The smallest absolute Gasteiger partial charge is 0.276 e. The third-order valence-electron chi connectivity index (χ3n) is 10.7. The summed E-state index contributed by atoms with van der Waals surface area (Å²) in [7, 11) is 0. The van der Waals surface area contributed by atoms with E-state index < -0.39 is 6.04 Å². The average Bonchev–Trinajstić information content (AvgIpc) is 3.82. The lowest BCUT2D eigenvalue weighted by Crippen LogP contribution is -2.52. The van der Waals surface area contributed by atoms with E-state index in [1.54, 1.807) is 41.2 Å². The SMILES string of the molecule is Cc1cc(C(=O)N2CCC(NC(=O)C(c3cccnc3)N(C(=O)[C@@H]3C[C@@H]4CO[C@@H]5OCC[C@H]3C45)c3ccc(C(C)(C)C)cc3)CC2)no1. The van der Waals surface area contributed by atoms with Crippen molar-refractivity contribution in [1.82, 2.24) is 20.4 Å². The summed E-state index contributed by atoms with van der Waals surface area (Å²) < 4.78 is 17.0. The highest BCUT2D eigenvalue weighted by molar-refractivity contribution is 6.02. The van der Waals surface area contributed by atoms with E-state index in [2.05, 4.69) is 48.4 Å². The molecule has 0 bridgehead atoms. The molecule has 2 aromatic heterocycles. The Bertz CT molecular complexity index is 1630. The van der Waals surface area contributed by atoms with Crippen molar-refractivity contribution in [2.75, 3.05) is 31.2 Å². The van der Waals surface area contributed by atoms with Gasteiger partial charge in [-0.1, -0.05) is 44.1 Å². The monoisotopic (exact) mass is 655 g/mol. The molecule has 0 spiro atoms. The minimum atomic E-state index is -0.934. The molecule has 48 heavy (non-hydrogen) atoms. The minimum absolute atomic E-state index is 0.0501. The number of aromatic nitrogens is 2. The van der Waals surface area contributed by atoms with Crippen LogP contribution in [0.4, 0.5) is 5.69 Å². The maximum atomic E-state index is 15.0. The van der Waals surface area contributed by atoms with E-state index in [1.807, 2.05) is 18.2 Å². The Balaban J connectivity index is 1.18. The Morgan fingerprint density at radius 3 is 2.48 bits per heavy atom. The molecule has 1 N–H and O–H groups in total. The van der Waals surface area contributed by atoms with E-state index >= 15 is 4.79 Å². The molecule has 1 saturated carbocycles. The Morgan fingerprint density at radius 2 is 1.81 bits per heavy atom. The summed E-state index contributed by atoms with van der Waals surface area (Å²) in [6.45, 7) is 10.3. The zero-order valence-corrected chi connectivity index (χ0v) is 28.1. The van der Waals surface area contributed by atoms with Crippen molar-refractivity contribution in [3.05, 3.63) is 77.4 Å². The van der Waals surface area contributed by atoms with Crippen LogP contribution in [0.2, 0.25) is 0 Å². The molecule has 4 aliphatic rings. The molecule has 11 heteroatoms. The lowest BCUT2D eigenvalue weighted by atomic mass is 9.82. The van der Waals surface area contributed by atoms with Crippen molar-refractivity contribution >= 4 is 23.4 Å². The van der Waals surface area contributed by atoms with Gasteiger partial charge in [-0.05, 0) is 73.6 Å². The van der Waals surface area contributed by atoms with E-state index in [-0.39, 0.29) is 64.8 Å². The Morgan fingerprint density at radius 1 is 1.04 bits per heavy atom. The summed E-state index contributed by atoms with van der Waals surface area (Å²) in [5.74, 6) is 0.427. The molecular weight excluding hydrogens is 610 g/mol. The zero-order valence-electron chi connectivity index (χ0n) is 28.1. The van der Waals surface area contributed by atoms with Crippen LogP contribution < -0.4 is 10.2 Å². The standard InChI is InChI=1S/C37H45N5O6/c1-22-18-30(40-48-22)35(45)41-15-11-26(12-16-41)39-33(43)32(23-6-5-14-38-20-23)42(27-9-7-25(8-10-27)37(2,3)4)34(44)29-19-24-21-47-36-31(24)28(29)13-17-46-36/h5-10,14,18,20,24,26,28-29,31-32,36H,11-13,15-17,19,21H2,1-4H3,(H,39,43)/t24-,28-,29-,31?,32?,36+/m1/s1. The van der Waals surface area contributed by atoms with Crippen LogP contribution in [-0.2, 0) is 24.5 Å².